The smallest absolute Gasteiger partial charge is 0.335 e. The molecule has 2 saturated heterocycles. The molecule has 228 valence electrons. The first-order valence-electron chi connectivity index (χ1n) is 14.5. The first-order chi connectivity index (χ1) is 20.9. The number of hydrogen-bond acceptors (Lipinski definition) is 9. The predicted molar refractivity (Wildman–Crippen MR) is 159 cm³/mol. The zero-order chi connectivity index (χ0) is 30.3. The second kappa shape index (κ2) is 13.8. The number of carbonyl (C=O) groups is 3. The second-order valence-corrected chi connectivity index (χ2v) is 10.8. The van der Waals surface area contributed by atoms with Crippen molar-refractivity contribution in [2.45, 2.75) is 31.8 Å². The van der Waals surface area contributed by atoms with Gasteiger partial charge in [-0.2, -0.15) is 9.78 Å². The number of nitrogens with two attached hydrogens (primary N) is 1. The van der Waals surface area contributed by atoms with E-state index in [2.05, 4.69) is 10.2 Å². The number of amides is 1. The molecule has 0 spiro atoms. The Morgan fingerprint density at radius 2 is 1.79 bits per heavy atom. The van der Waals surface area contributed by atoms with Crippen LogP contribution in [-0.4, -0.2) is 95.5 Å². The summed E-state index contributed by atoms with van der Waals surface area (Å²) >= 11 is 0. The van der Waals surface area contributed by atoms with Crippen LogP contribution in [0.1, 0.15) is 56.3 Å². The standard InChI is InChI=1S/C31H38N6O6/c1-42-28-27(25-6-3-11-35(19-25)20-26(38)36-12-14-43-15-13-36)34-37(30(39)23-4-2-5-24(16-23)31(40)41)29(28)33-18-22-9-7-21(17-32)8-10-22/h2,4-5,7-10,16,25,33H,3,6,11-15,17-20,32H2,1H3,(H,40,41). The van der Waals surface area contributed by atoms with Gasteiger partial charge in [-0.05, 0) is 48.7 Å². The monoisotopic (exact) mass is 590 g/mol. The molecule has 12 nitrogen and oxygen atoms in total. The Bertz CT molecular complexity index is 1450. The lowest BCUT2D eigenvalue weighted by molar-refractivity contribution is -0.136. The van der Waals surface area contributed by atoms with Crippen molar-refractivity contribution in [3.63, 3.8) is 0 Å². The highest BCUT2D eigenvalue weighted by molar-refractivity contribution is 6.00. The van der Waals surface area contributed by atoms with Gasteiger partial charge in [-0.15, -0.1) is 0 Å². The molecule has 1 amide bonds. The number of benzene rings is 2. The number of carboxylic acid groups (broad SMARTS) is 1. The number of piperidine rings is 1. The number of morpholine rings is 1. The lowest BCUT2D eigenvalue weighted by Crippen LogP contribution is -2.47. The summed E-state index contributed by atoms with van der Waals surface area (Å²) in [5, 5.41) is 17.6. The van der Waals surface area contributed by atoms with Crippen LogP contribution >= 0.6 is 0 Å². The van der Waals surface area contributed by atoms with E-state index in [4.69, 9.17) is 20.3 Å². The zero-order valence-corrected chi connectivity index (χ0v) is 24.3. The molecule has 3 aromatic rings. The van der Waals surface area contributed by atoms with Gasteiger partial charge < -0.3 is 30.5 Å². The van der Waals surface area contributed by atoms with E-state index in [0.29, 0.717) is 69.7 Å². The zero-order valence-electron chi connectivity index (χ0n) is 24.3. The third-order valence-electron chi connectivity index (χ3n) is 7.95. The van der Waals surface area contributed by atoms with E-state index in [1.54, 1.807) is 13.2 Å². The number of rotatable bonds is 10. The number of carboxylic acids is 1. The van der Waals surface area contributed by atoms with Gasteiger partial charge in [-0.1, -0.05) is 30.3 Å². The van der Waals surface area contributed by atoms with Crippen molar-refractivity contribution >= 4 is 23.6 Å². The van der Waals surface area contributed by atoms with E-state index in [0.717, 1.165) is 30.5 Å². The molecule has 1 unspecified atom stereocenters. The molecule has 2 fully saturated rings. The molecule has 0 bridgehead atoms. The van der Waals surface area contributed by atoms with Crippen molar-refractivity contribution in [1.29, 1.82) is 0 Å². The van der Waals surface area contributed by atoms with Crippen LogP contribution in [0.15, 0.2) is 48.5 Å². The minimum Gasteiger partial charge on any atom is -0.491 e. The largest absolute Gasteiger partial charge is 0.491 e. The molecule has 12 heteroatoms. The molecule has 3 heterocycles. The number of aromatic carboxylic acids is 1. The van der Waals surface area contributed by atoms with Crippen molar-refractivity contribution < 1.29 is 29.0 Å². The van der Waals surface area contributed by atoms with Gasteiger partial charge in [0.25, 0.3) is 5.91 Å². The first-order valence-corrected chi connectivity index (χ1v) is 14.5. The number of anilines is 1. The highest BCUT2D eigenvalue weighted by Crippen LogP contribution is 2.38. The third-order valence-corrected chi connectivity index (χ3v) is 7.95. The fraction of sp³-hybridized carbons (Fsp3) is 0.419. The van der Waals surface area contributed by atoms with Gasteiger partial charge in [0.15, 0.2) is 11.6 Å². The van der Waals surface area contributed by atoms with E-state index in [9.17, 15) is 19.5 Å². The Morgan fingerprint density at radius 3 is 2.49 bits per heavy atom. The molecule has 0 aliphatic carbocycles. The fourth-order valence-corrected chi connectivity index (χ4v) is 5.60. The van der Waals surface area contributed by atoms with Crippen LogP contribution in [0.25, 0.3) is 0 Å². The summed E-state index contributed by atoms with van der Waals surface area (Å²) in [7, 11) is 1.55. The topological polar surface area (TPSA) is 152 Å². The lowest BCUT2D eigenvalue weighted by atomic mass is 9.94. The van der Waals surface area contributed by atoms with Gasteiger partial charge >= 0.3 is 5.97 Å². The van der Waals surface area contributed by atoms with E-state index in [-0.39, 0.29) is 23.0 Å². The predicted octanol–water partition coefficient (Wildman–Crippen LogP) is 2.39. The number of methoxy groups -OCH3 is 1. The summed E-state index contributed by atoms with van der Waals surface area (Å²) in [5.74, 6) is -0.770. The number of carbonyl (C=O) groups excluding carboxylic acids is 2. The van der Waals surface area contributed by atoms with Crippen LogP contribution in [0.3, 0.4) is 0 Å². The van der Waals surface area contributed by atoms with Crippen LogP contribution in [0, 0.1) is 0 Å². The molecule has 2 aliphatic heterocycles. The van der Waals surface area contributed by atoms with E-state index in [1.807, 2.05) is 29.2 Å². The van der Waals surface area contributed by atoms with Crippen molar-refractivity contribution in [3.8, 4) is 5.75 Å². The summed E-state index contributed by atoms with van der Waals surface area (Å²) in [5.41, 5.74) is 8.54. The molecule has 4 N–H and O–H groups in total. The Morgan fingerprint density at radius 1 is 1.07 bits per heavy atom. The fourth-order valence-electron chi connectivity index (χ4n) is 5.60. The summed E-state index contributed by atoms with van der Waals surface area (Å²) in [6, 6.07) is 13.7. The quantitative estimate of drug-likeness (QED) is 0.321. The van der Waals surface area contributed by atoms with Crippen LogP contribution in [0.4, 0.5) is 5.82 Å². The average molecular weight is 591 g/mol. The van der Waals surface area contributed by atoms with Crippen LogP contribution in [0.5, 0.6) is 5.75 Å². The molecule has 5 rings (SSSR count). The van der Waals surface area contributed by atoms with E-state index in [1.165, 1.54) is 22.9 Å². The van der Waals surface area contributed by atoms with E-state index >= 15 is 0 Å². The number of ether oxygens (including phenoxy) is 2. The Kier molecular flexibility index (Phi) is 9.70. The summed E-state index contributed by atoms with van der Waals surface area (Å²) in [4.78, 5) is 42.3. The summed E-state index contributed by atoms with van der Waals surface area (Å²) < 4.78 is 12.5. The van der Waals surface area contributed by atoms with Crippen molar-refractivity contribution in [2.75, 3.05) is 58.4 Å². The van der Waals surface area contributed by atoms with E-state index < -0.39 is 11.9 Å². The first kappa shape index (κ1) is 30.2. The SMILES string of the molecule is COc1c(C2CCCN(CC(=O)N3CCOCC3)C2)nn(C(=O)c2cccc(C(=O)O)c2)c1NCc1ccc(CN)cc1. The highest BCUT2D eigenvalue weighted by Gasteiger charge is 2.32. The molecule has 1 aromatic heterocycles. The minimum atomic E-state index is -1.12. The highest BCUT2D eigenvalue weighted by atomic mass is 16.5. The van der Waals surface area contributed by atoms with Crippen LogP contribution in [0.2, 0.25) is 0 Å². The molecular weight excluding hydrogens is 552 g/mol. The molecule has 0 saturated carbocycles. The summed E-state index contributed by atoms with van der Waals surface area (Å²) in [6.07, 6.45) is 1.68. The Balaban J connectivity index is 1.44. The summed E-state index contributed by atoms with van der Waals surface area (Å²) in [6.45, 7) is 4.83. The molecule has 2 aromatic carbocycles. The minimum absolute atomic E-state index is 0.00700. The van der Waals surface area contributed by atoms with Gasteiger partial charge in [0.1, 0.15) is 5.69 Å². The van der Waals surface area contributed by atoms with Crippen molar-refractivity contribution in [2.24, 2.45) is 5.73 Å². The Labute approximate surface area is 250 Å². The van der Waals surface area contributed by atoms with Gasteiger partial charge in [0, 0.05) is 44.2 Å². The average Bonchev–Trinajstić information content (AvgIpc) is 3.42. The number of nitrogens with one attached hydrogen (secondary N) is 1. The molecule has 43 heavy (non-hydrogen) atoms. The number of hydrogen-bond donors (Lipinski definition) is 3. The van der Waals surface area contributed by atoms with Gasteiger partial charge in [0.05, 0.1) is 32.4 Å². The van der Waals surface area contributed by atoms with Crippen LogP contribution in [-0.2, 0) is 22.6 Å². The molecule has 1 atom stereocenters. The van der Waals surface area contributed by atoms with Gasteiger partial charge in [0.2, 0.25) is 5.91 Å². The van der Waals surface area contributed by atoms with Gasteiger partial charge in [-0.25, -0.2) is 4.79 Å². The van der Waals surface area contributed by atoms with Crippen LogP contribution < -0.4 is 15.8 Å². The van der Waals surface area contributed by atoms with Crippen molar-refractivity contribution in [1.82, 2.24) is 19.6 Å². The second-order valence-electron chi connectivity index (χ2n) is 10.8. The maximum Gasteiger partial charge on any atom is 0.335 e. The Hall–Kier alpha value is -4.26. The lowest BCUT2D eigenvalue weighted by Gasteiger charge is -2.34. The third kappa shape index (κ3) is 7.04. The number of likely N-dealkylation sites (tertiary alicyclic amines) is 1. The molecule has 2 aliphatic rings. The molecule has 0 radical (unpaired) electrons. The number of nitrogens with zero attached hydrogens (tertiary/aromatic N) is 4. The molecular formula is C31H38N6O6. The number of aromatic nitrogens is 2. The maximum absolute atomic E-state index is 13.8. The van der Waals surface area contributed by atoms with Crippen molar-refractivity contribution in [3.05, 3.63) is 76.5 Å². The van der Waals surface area contributed by atoms with Gasteiger partial charge in [-0.3, -0.25) is 14.5 Å². The maximum atomic E-state index is 13.8. The normalized spacial score (nSPS) is 17.4.